The van der Waals surface area contributed by atoms with Crippen LogP contribution in [-0.2, 0) is 33.4 Å². The van der Waals surface area contributed by atoms with Crippen LogP contribution in [0.1, 0.15) is 78.4 Å². The van der Waals surface area contributed by atoms with E-state index >= 15 is 0 Å². The third kappa shape index (κ3) is 21.9. The molecule has 0 saturated carbocycles. The first kappa shape index (κ1) is 54.3. The van der Waals surface area contributed by atoms with Crippen molar-refractivity contribution in [1.82, 2.24) is 20.6 Å². The zero-order valence-corrected chi connectivity index (χ0v) is 34.5. The Labute approximate surface area is 345 Å². The molecule has 20 heteroatoms. The van der Waals surface area contributed by atoms with Gasteiger partial charge >= 0.3 is 43.0 Å². The van der Waals surface area contributed by atoms with Crippen molar-refractivity contribution in [3.05, 3.63) is 47.8 Å². The number of hydrogen-bond donors (Lipinski definition) is 5. The Morgan fingerprint density at radius 2 is 1.09 bits per heavy atom. The molecule has 0 fully saturated rings. The zero-order chi connectivity index (χ0) is 41.9. The Morgan fingerprint density at radius 1 is 0.719 bits per heavy atom. The fourth-order valence-electron chi connectivity index (χ4n) is 4.40. The van der Waals surface area contributed by atoms with E-state index in [1.807, 2.05) is 19.9 Å². The molecule has 314 valence electrons. The SMILES string of the molecule is COC(=O)[C@H](CO)NC(=O)CCCN(C(=O)OC(C)(C)C)c1cc(C)ccn1.Cc1ccnc(N(CCCC(=O)N[C@@H](CO)C(=O)O)C(=O)OC(C)(C)C)c1.[Li+].[OH-]. The number of methoxy groups -OCH3 is 1. The van der Waals surface area contributed by atoms with Crippen LogP contribution in [0.3, 0.4) is 0 Å². The van der Waals surface area contributed by atoms with Gasteiger partial charge in [-0.3, -0.25) is 19.4 Å². The molecular formula is C37H57LiN6O13. The van der Waals surface area contributed by atoms with Crippen LogP contribution in [0.25, 0.3) is 0 Å². The first-order valence-electron chi connectivity index (χ1n) is 17.6. The molecule has 4 amide bonds. The summed E-state index contributed by atoms with van der Waals surface area (Å²) < 4.78 is 15.3. The number of carbonyl (C=O) groups excluding carboxylic acids is 5. The summed E-state index contributed by atoms with van der Waals surface area (Å²) in [6.07, 6.45) is 2.62. The molecule has 0 aliphatic rings. The number of anilines is 2. The van der Waals surface area contributed by atoms with E-state index < -0.39 is 72.4 Å². The van der Waals surface area contributed by atoms with Gasteiger partial charge in [0, 0.05) is 38.3 Å². The maximum Gasteiger partial charge on any atom is 1.00 e. The second-order valence-electron chi connectivity index (χ2n) is 14.3. The molecule has 57 heavy (non-hydrogen) atoms. The minimum atomic E-state index is -1.35. The predicted octanol–water partition coefficient (Wildman–Crippen LogP) is -0.138. The molecule has 0 aliphatic carbocycles. The van der Waals surface area contributed by atoms with Crippen molar-refractivity contribution in [3.63, 3.8) is 0 Å². The Bertz CT molecular complexity index is 1600. The van der Waals surface area contributed by atoms with Gasteiger partial charge in [0.15, 0.2) is 6.04 Å². The van der Waals surface area contributed by atoms with E-state index in [9.17, 15) is 28.8 Å². The molecule has 6 N–H and O–H groups in total. The number of nitrogens with one attached hydrogen (secondary N) is 2. The number of carboxylic acid groups (broad SMARTS) is 1. The van der Waals surface area contributed by atoms with Crippen LogP contribution >= 0.6 is 0 Å². The summed E-state index contributed by atoms with van der Waals surface area (Å²) in [6.45, 7) is 13.4. The summed E-state index contributed by atoms with van der Waals surface area (Å²) in [5.41, 5.74) is 0.483. The molecule has 19 nitrogen and oxygen atoms in total. The van der Waals surface area contributed by atoms with E-state index in [1.165, 1.54) is 16.9 Å². The van der Waals surface area contributed by atoms with Crippen molar-refractivity contribution in [1.29, 1.82) is 0 Å². The van der Waals surface area contributed by atoms with Crippen LogP contribution in [0, 0.1) is 13.8 Å². The Balaban J connectivity index is 0. The van der Waals surface area contributed by atoms with Crippen LogP contribution in [0.4, 0.5) is 21.2 Å². The molecule has 0 saturated heterocycles. The average Bonchev–Trinajstić information content (AvgIpc) is 3.08. The molecule has 0 unspecified atom stereocenters. The molecule has 0 bridgehead atoms. The van der Waals surface area contributed by atoms with Crippen LogP contribution < -0.4 is 39.3 Å². The molecule has 2 atom stereocenters. The Morgan fingerprint density at radius 3 is 1.39 bits per heavy atom. The average molecular weight is 801 g/mol. The van der Waals surface area contributed by atoms with Gasteiger partial charge in [0.2, 0.25) is 11.8 Å². The minimum absolute atomic E-state index is 0. The number of aromatic nitrogens is 2. The molecule has 0 aromatic carbocycles. The van der Waals surface area contributed by atoms with E-state index in [2.05, 4.69) is 25.3 Å². The standard InChI is InChI=1S/C19H29N3O6.C18H27N3O6.Li.H2O/c1-13-8-9-20-15(11-13)22(18(26)28-19(2,3)4)10-6-7-16(24)21-14(12-23)17(25)27-5;1-12-7-8-19-14(10-12)21(17(26)27-18(2,3)4)9-5-6-15(23)20-13(11-22)16(24)25;;/h8-9,11,14,23H,6-7,10,12H2,1-5H3,(H,21,24);7-8,10,13,22H,5-6,9,11H2,1-4H3,(H,20,23)(H,24,25);;1H2/q;;+1;/p-1/t14-;13-;;/m00../s1. The topological polar surface area (TPSA) is 277 Å². The predicted molar refractivity (Wildman–Crippen MR) is 203 cm³/mol. The maximum atomic E-state index is 12.6. The number of amides is 4. The number of hydrogen-bond acceptors (Lipinski definition) is 14. The van der Waals surface area contributed by atoms with Crippen molar-refractivity contribution >= 4 is 47.6 Å². The van der Waals surface area contributed by atoms with E-state index in [1.54, 1.807) is 72.1 Å². The number of nitrogens with zero attached hydrogens (tertiary/aromatic N) is 4. The number of pyridine rings is 2. The van der Waals surface area contributed by atoms with Crippen molar-refractivity contribution < 1.29 is 82.6 Å². The fraction of sp³-hybridized carbons (Fsp3) is 0.568. The van der Waals surface area contributed by atoms with Crippen LogP contribution in [0.5, 0.6) is 0 Å². The van der Waals surface area contributed by atoms with E-state index in [4.69, 9.17) is 24.8 Å². The Hall–Kier alpha value is -4.80. The molecule has 0 radical (unpaired) electrons. The number of ether oxygens (including phenoxy) is 3. The number of aliphatic carboxylic acids is 1. The van der Waals surface area contributed by atoms with Crippen LogP contribution in [0.2, 0.25) is 0 Å². The summed E-state index contributed by atoms with van der Waals surface area (Å²) >= 11 is 0. The maximum absolute atomic E-state index is 12.6. The van der Waals surface area contributed by atoms with E-state index in [0.717, 1.165) is 11.1 Å². The molecule has 2 aromatic rings. The van der Waals surface area contributed by atoms with Gasteiger partial charge in [-0.2, -0.15) is 0 Å². The van der Waals surface area contributed by atoms with Crippen molar-refractivity contribution in [3.8, 4) is 0 Å². The normalized spacial score (nSPS) is 11.7. The first-order valence-corrected chi connectivity index (χ1v) is 17.6. The summed E-state index contributed by atoms with van der Waals surface area (Å²) in [6, 6.07) is 4.63. The van der Waals surface area contributed by atoms with Gasteiger partial charge in [0.1, 0.15) is 28.9 Å². The first-order chi connectivity index (χ1) is 25.6. The van der Waals surface area contributed by atoms with Gasteiger partial charge in [0.05, 0.1) is 20.3 Å². The van der Waals surface area contributed by atoms with Gasteiger partial charge in [-0.25, -0.2) is 29.1 Å². The van der Waals surface area contributed by atoms with Crippen LogP contribution in [0.15, 0.2) is 36.7 Å². The van der Waals surface area contributed by atoms with Gasteiger partial charge in [0.25, 0.3) is 0 Å². The number of aliphatic hydroxyl groups excluding tert-OH is 2. The third-order valence-corrected chi connectivity index (χ3v) is 6.97. The number of aliphatic hydroxyl groups is 2. The number of esters is 1. The van der Waals surface area contributed by atoms with Gasteiger partial charge in [-0.15, -0.1) is 0 Å². The third-order valence-electron chi connectivity index (χ3n) is 6.97. The largest absolute Gasteiger partial charge is 1.00 e. The second kappa shape index (κ2) is 26.2. The van der Waals surface area contributed by atoms with Crippen molar-refractivity contribution in [2.45, 2.75) is 104 Å². The summed E-state index contributed by atoms with van der Waals surface area (Å²) in [7, 11) is 1.17. The second-order valence-corrected chi connectivity index (χ2v) is 14.3. The zero-order valence-electron chi connectivity index (χ0n) is 34.5. The fourth-order valence-corrected chi connectivity index (χ4v) is 4.40. The van der Waals surface area contributed by atoms with E-state index in [-0.39, 0.29) is 56.7 Å². The van der Waals surface area contributed by atoms with Gasteiger partial charge in [-0.05, 0) is 104 Å². The molecule has 0 aliphatic heterocycles. The summed E-state index contributed by atoms with van der Waals surface area (Å²) in [4.78, 5) is 82.3. The van der Waals surface area contributed by atoms with E-state index in [0.29, 0.717) is 18.1 Å². The van der Waals surface area contributed by atoms with Crippen LogP contribution in [-0.4, -0.2) is 123 Å². The van der Waals surface area contributed by atoms with Gasteiger partial charge in [-0.1, -0.05) is 0 Å². The number of carboxylic acids is 1. The molecule has 2 heterocycles. The molecule has 2 aromatic heterocycles. The van der Waals surface area contributed by atoms with Crippen molar-refractivity contribution in [2.24, 2.45) is 0 Å². The van der Waals surface area contributed by atoms with Crippen molar-refractivity contribution in [2.75, 3.05) is 43.2 Å². The number of carbonyl (C=O) groups is 6. The smallest absolute Gasteiger partial charge is 0.870 e. The number of aryl methyl sites for hydroxylation is 2. The summed E-state index contributed by atoms with van der Waals surface area (Å²) in [5, 5.41) is 31.5. The van der Waals surface area contributed by atoms with Gasteiger partial charge < -0.3 is 45.6 Å². The minimum Gasteiger partial charge on any atom is -0.870 e. The molecule has 2 rings (SSSR count). The Kier molecular flexibility index (Phi) is 24.9. The quantitative estimate of drug-likeness (QED) is 0.0840. The number of rotatable bonds is 16. The summed E-state index contributed by atoms with van der Waals surface area (Å²) in [5.74, 6) is -2.18. The molecular weight excluding hydrogens is 743 g/mol. The molecule has 0 spiro atoms. The monoisotopic (exact) mass is 800 g/mol.